The van der Waals surface area contributed by atoms with Crippen LogP contribution in [0.1, 0.15) is 37.4 Å². The van der Waals surface area contributed by atoms with Crippen molar-refractivity contribution in [3.8, 4) is 22.3 Å². The van der Waals surface area contributed by atoms with Gasteiger partial charge in [-0.05, 0) is 70.6 Å². The first-order chi connectivity index (χ1) is 24.2. The predicted molar refractivity (Wildman–Crippen MR) is 199 cm³/mol. The number of aliphatic carboxylic acids is 1. The number of carbonyl (C=O) groups excluding carboxylic acids is 2. The smallest absolute Gasteiger partial charge is 0.326 e. The molecule has 0 saturated heterocycles. The number of carbonyl (C=O) groups is 3. The summed E-state index contributed by atoms with van der Waals surface area (Å²) < 4.78 is 0. The van der Waals surface area contributed by atoms with Gasteiger partial charge in [-0.3, -0.25) is 9.59 Å². The SMILES string of the molecule is Cc1ccc(CN(C(=O)c2ccc(-c3ccccc3)cc2)c2ccc(Cl)cc2C(=O)N[C@@H](Cc2ccc(-c3ccccc3)cc2)C(=O)O)cc1. The number of hydrogen-bond acceptors (Lipinski definition) is 3. The standard InChI is InChI=1S/C43H35ClN2O4/c1-29-12-14-31(15-13-29)28-46(42(48)36-22-20-35(21-23-36)33-10-6-3-7-11-33)40-25-24-37(44)27-38(40)41(47)45-39(43(49)50)26-30-16-18-34(19-17-30)32-8-4-2-5-9-32/h2-25,27,39H,26,28H2,1H3,(H,45,47)(H,49,50)/t39-/m0/s1. The van der Waals surface area contributed by atoms with Crippen molar-refractivity contribution in [3.63, 3.8) is 0 Å². The van der Waals surface area contributed by atoms with Crippen molar-refractivity contribution in [2.24, 2.45) is 0 Å². The average Bonchev–Trinajstić information content (AvgIpc) is 3.15. The molecule has 0 heterocycles. The van der Waals surface area contributed by atoms with Crippen LogP contribution in [0.3, 0.4) is 0 Å². The molecule has 0 aliphatic carbocycles. The molecule has 6 nitrogen and oxygen atoms in total. The highest BCUT2D eigenvalue weighted by molar-refractivity contribution is 6.31. The molecular weight excluding hydrogens is 644 g/mol. The Morgan fingerprint density at radius 3 is 1.74 bits per heavy atom. The lowest BCUT2D eigenvalue weighted by Gasteiger charge is -2.26. The third-order valence-corrected chi connectivity index (χ3v) is 8.78. The molecule has 6 aromatic carbocycles. The van der Waals surface area contributed by atoms with Crippen LogP contribution in [0.2, 0.25) is 5.02 Å². The number of halogens is 1. The number of rotatable bonds is 11. The normalized spacial score (nSPS) is 11.4. The Kier molecular flexibility index (Phi) is 10.5. The molecule has 0 saturated carbocycles. The van der Waals surface area contributed by atoms with Gasteiger partial charge in [0.25, 0.3) is 11.8 Å². The van der Waals surface area contributed by atoms with Crippen molar-refractivity contribution in [2.75, 3.05) is 4.90 Å². The van der Waals surface area contributed by atoms with Crippen LogP contribution < -0.4 is 10.2 Å². The number of nitrogens with zero attached hydrogens (tertiary/aromatic N) is 1. The van der Waals surface area contributed by atoms with Crippen LogP contribution in [-0.2, 0) is 17.8 Å². The van der Waals surface area contributed by atoms with E-state index in [4.69, 9.17) is 11.6 Å². The van der Waals surface area contributed by atoms with Crippen molar-refractivity contribution >= 4 is 35.1 Å². The maximum Gasteiger partial charge on any atom is 0.326 e. The Bertz CT molecular complexity index is 2100. The van der Waals surface area contributed by atoms with Gasteiger partial charge in [0.1, 0.15) is 6.04 Å². The molecule has 0 unspecified atom stereocenters. The first-order valence-electron chi connectivity index (χ1n) is 16.3. The largest absolute Gasteiger partial charge is 0.480 e. The molecule has 0 spiro atoms. The predicted octanol–water partition coefficient (Wildman–Crippen LogP) is 9.26. The monoisotopic (exact) mass is 678 g/mol. The van der Waals surface area contributed by atoms with Crippen molar-refractivity contribution in [1.82, 2.24) is 5.32 Å². The first kappa shape index (κ1) is 33.9. The van der Waals surface area contributed by atoms with Gasteiger partial charge in [0.2, 0.25) is 0 Å². The maximum absolute atomic E-state index is 14.3. The molecule has 2 amide bonds. The zero-order valence-corrected chi connectivity index (χ0v) is 28.2. The van der Waals surface area contributed by atoms with E-state index in [0.717, 1.165) is 38.9 Å². The van der Waals surface area contributed by atoms with Crippen molar-refractivity contribution in [3.05, 3.63) is 184 Å². The Labute approximate surface area is 296 Å². The van der Waals surface area contributed by atoms with E-state index in [1.165, 1.54) is 11.0 Å². The highest BCUT2D eigenvalue weighted by Crippen LogP contribution is 2.29. The molecule has 0 radical (unpaired) electrons. The second-order valence-corrected chi connectivity index (χ2v) is 12.5. The van der Waals surface area contributed by atoms with Gasteiger partial charge in [0, 0.05) is 17.0 Å². The van der Waals surface area contributed by atoms with E-state index >= 15 is 0 Å². The lowest BCUT2D eigenvalue weighted by molar-refractivity contribution is -0.139. The van der Waals surface area contributed by atoms with E-state index in [1.807, 2.05) is 128 Å². The third kappa shape index (κ3) is 8.17. The summed E-state index contributed by atoms with van der Waals surface area (Å²) in [5.41, 5.74) is 7.55. The minimum atomic E-state index is -1.23. The Morgan fingerprint density at radius 1 is 0.660 bits per heavy atom. The summed E-state index contributed by atoms with van der Waals surface area (Å²) in [5.74, 6) is -2.16. The van der Waals surface area contributed by atoms with Gasteiger partial charge in [-0.2, -0.15) is 0 Å². The number of anilines is 1. The molecular formula is C43H35ClN2O4. The molecule has 50 heavy (non-hydrogen) atoms. The van der Waals surface area contributed by atoms with E-state index in [1.54, 1.807) is 24.3 Å². The molecule has 0 fully saturated rings. The first-order valence-corrected chi connectivity index (χ1v) is 16.6. The molecule has 1 atom stereocenters. The van der Waals surface area contributed by atoms with Crippen molar-refractivity contribution in [1.29, 1.82) is 0 Å². The van der Waals surface area contributed by atoms with Gasteiger partial charge in [-0.1, -0.05) is 138 Å². The highest BCUT2D eigenvalue weighted by atomic mass is 35.5. The molecule has 7 heteroatoms. The summed E-state index contributed by atoms with van der Waals surface area (Å²) in [4.78, 5) is 42.2. The van der Waals surface area contributed by atoms with Gasteiger partial charge in [-0.15, -0.1) is 0 Å². The second kappa shape index (κ2) is 15.5. The molecule has 2 N–H and O–H groups in total. The van der Waals surface area contributed by atoms with Crippen LogP contribution in [0.15, 0.2) is 152 Å². The van der Waals surface area contributed by atoms with Gasteiger partial charge in [0.15, 0.2) is 0 Å². The zero-order valence-electron chi connectivity index (χ0n) is 27.4. The van der Waals surface area contributed by atoms with Crippen LogP contribution in [0.5, 0.6) is 0 Å². The van der Waals surface area contributed by atoms with Crippen molar-refractivity contribution in [2.45, 2.75) is 25.9 Å². The van der Waals surface area contributed by atoms with Crippen LogP contribution >= 0.6 is 11.6 Å². The second-order valence-electron chi connectivity index (χ2n) is 12.1. The number of carboxylic acids is 1. The fourth-order valence-electron chi connectivity index (χ4n) is 5.80. The van der Waals surface area contributed by atoms with Crippen LogP contribution in [0.25, 0.3) is 22.3 Å². The Hall–Kier alpha value is -5.98. The third-order valence-electron chi connectivity index (χ3n) is 8.54. The van der Waals surface area contributed by atoms with Crippen LogP contribution in [-0.4, -0.2) is 28.9 Å². The van der Waals surface area contributed by atoms with E-state index < -0.39 is 17.9 Å². The quantitative estimate of drug-likeness (QED) is 0.143. The van der Waals surface area contributed by atoms with Crippen LogP contribution in [0.4, 0.5) is 5.69 Å². The number of benzene rings is 6. The number of aryl methyl sites for hydroxylation is 1. The number of hydrogen-bond donors (Lipinski definition) is 2. The maximum atomic E-state index is 14.3. The minimum absolute atomic E-state index is 0.0613. The fraction of sp³-hybridized carbons (Fsp3) is 0.0930. The zero-order chi connectivity index (χ0) is 35.0. The fourth-order valence-corrected chi connectivity index (χ4v) is 5.97. The van der Waals surface area contributed by atoms with Crippen LogP contribution in [0, 0.1) is 6.92 Å². The molecule has 0 bridgehead atoms. The lowest BCUT2D eigenvalue weighted by Crippen LogP contribution is -2.43. The summed E-state index contributed by atoms with van der Waals surface area (Å²) in [5, 5.41) is 13.1. The van der Waals surface area contributed by atoms with E-state index in [2.05, 4.69) is 5.32 Å². The number of amides is 2. The van der Waals surface area contributed by atoms with Crippen molar-refractivity contribution < 1.29 is 19.5 Å². The van der Waals surface area contributed by atoms with Gasteiger partial charge in [-0.25, -0.2) is 4.79 Å². The van der Waals surface area contributed by atoms with Gasteiger partial charge < -0.3 is 15.3 Å². The summed E-state index contributed by atoms with van der Waals surface area (Å²) in [6.07, 6.45) is 0.0613. The Morgan fingerprint density at radius 2 is 1.18 bits per heavy atom. The van der Waals surface area contributed by atoms with E-state index in [0.29, 0.717) is 11.3 Å². The molecule has 6 rings (SSSR count). The molecule has 6 aromatic rings. The summed E-state index contributed by atoms with van der Waals surface area (Å²) >= 11 is 6.41. The molecule has 0 aliphatic rings. The summed E-state index contributed by atoms with van der Waals surface area (Å²) in [7, 11) is 0. The van der Waals surface area contributed by atoms with E-state index in [9.17, 15) is 19.5 Å². The highest BCUT2D eigenvalue weighted by Gasteiger charge is 2.27. The molecule has 248 valence electrons. The van der Waals surface area contributed by atoms with Gasteiger partial charge >= 0.3 is 5.97 Å². The average molecular weight is 679 g/mol. The Balaban J connectivity index is 1.29. The minimum Gasteiger partial charge on any atom is -0.480 e. The summed E-state index contributed by atoms with van der Waals surface area (Å²) in [6.45, 7) is 2.15. The molecule has 0 aromatic heterocycles. The van der Waals surface area contributed by atoms with Gasteiger partial charge in [0.05, 0.1) is 17.8 Å². The molecule has 0 aliphatic heterocycles. The van der Waals surface area contributed by atoms with E-state index in [-0.39, 0.29) is 29.5 Å². The topological polar surface area (TPSA) is 86.7 Å². The lowest BCUT2D eigenvalue weighted by atomic mass is 10.00. The number of carboxylic acid groups (broad SMARTS) is 1. The number of nitrogens with one attached hydrogen (secondary N) is 1. The summed E-state index contributed by atoms with van der Waals surface area (Å²) in [6, 6.07) is 45.9.